The Hall–Kier alpha value is -1.24. The number of rotatable bonds is 7. The molecule has 21 heavy (non-hydrogen) atoms. The Kier molecular flexibility index (Phi) is 5.90. The number of carbonyl (C=O) groups excluding carboxylic acids is 1. The average Bonchev–Trinajstić information content (AvgIpc) is 3.09. The molecule has 2 aromatic heterocycles. The van der Waals surface area contributed by atoms with Gasteiger partial charge in [-0.3, -0.25) is 9.69 Å². The number of carbonyl (C=O) groups is 1. The van der Waals surface area contributed by atoms with Crippen LogP contribution in [0.15, 0.2) is 17.5 Å². The molecule has 2 heterocycles. The summed E-state index contributed by atoms with van der Waals surface area (Å²) in [6, 6.07) is 4.37. The van der Waals surface area contributed by atoms with Crippen LogP contribution in [0.4, 0.5) is 5.13 Å². The number of thiazole rings is 1. The Morgan fingerprint density at radius 1 is 1.29 bits per heavy atom. The molecule has 0 spiro atoms. The minimum Gasteiger partial charge on any atom is -0.306 e. The normalized spacial score (nSPS) is 10.8. The molecule has 0 aliphatic carbocycles. The van der Waals surface area contributed by atoms with Crippen molar-refractivity contribution in [1.29, 1.82) is 0 Å². The van der Waals surface area contributed by atoms with Crippen LogP contribution in [0.3, 0.4) is 0 Å². The fourth-order valence-corrected chi connectivity index (χ4v) is 3.88. The number of nitrogens with zero attached hydrogens (tertiary/aromatic N) is 2. The van der Waals surface area contributed by atoms with Crippen LogP contribution >= 0.6 is 22.7 Å². The molecule has 0 saturated carbocycles. The first-order chi connectivity index (χ1) is 10.1. The van der Waals surface area contributed by atoms with Crippen molar-refractivity contribution in [3.05, 3.63) is 33.0 Å². The number of aryl methyl sites for hydroxylation is 1. The molecule has 0 unspecified atom stereocenters. The second-order valence-corrected chi connectivity index (χ2v) is 6.80. The molecule has 2 rings (SSSR count). The van der Waals surface area contributed by atoms with Gasteiger partial charge in [0.25, 0.3) is 0 Å². The quantitative estimate of drug-likeness (QED) is 0.849. The van der Waals surface area contributed by atoms with Crippen LogP contribution in [0.5, 0.6) is 0 Å². The molecule has 0 aliphatic heterocycles. The lowest BCUT2D eigenvalue weighted by Crippen LogP contribution is -2.27. The Morgan fingerprint density at radius 2 is 2.05 bits per heavy atom. The molecule has 0 saturated heterocycles. The second kappa shape index (κ2) is 7.68. The van der Waals surface area contributed by atoms with Crippen molar-refractivity contribution in [3.8, 4) is 0 Å². The summed E-state index contributed by atoms with van der Waals surface area (Å²) >= 11 is 3.37. The molecule has 0 atom stereocenters. The summed E-state index contributed by atoms with van der Waals surface area (Å²) in [4.78, 5) is 20.5. The number of aromatic nitrogens is 1. The highest BCUT2D eigenvalue weighted by molar-refractivity contribution is 7.14. The minimum absolute atomic E-state index is 0.0389. The fourth-order valence-electron chi connectivity index (χ4n) is 2.02. The maximum absolute atomic E-state index is 11.5. The van der Waals surface area contributed by atoms with Crippen molar-refractivity contribution in [2.45, 2.75) is 40.3 Å². The number of thiophene rings is 1. The van der Waals surface area contributed by atoms with E-state index in [4.69, 9.17) is 0 Å². The van der Waals surface area contributed by atoms with E-state index in [0.29, 0.717) is 6.54 Å². The van der Waals surface area contributed by atoms with E-state index >= 15 is 0 Å². The van der Waals surface area contributed by atoms with Gasteiger partial charge in [-0.05, 0) is 25.5 Å². The first kappa shape index (κ1) is 16.1. The topological polar surface area (TPSA) is 45.2 Å². The zero-order valence-corrected chi connectivity index (χ0v) is 14.3. The number of nitrogens with one attached hydrogen (secondary N) is 1. The third-order valence-corrected chi connectivity index (χ3v) is 5.28. The van der Waals surface area contributed by atoms with Gasteiger partial charge in [0, 0.05) is 41.7 Å². The fraction of sp³-hybridized carbons (Fsp3) is 0.467. The van der Waals surface area contributed by atoms with Gasteiger partial charge in [-0.1, -0.05) is 6.92 Å². The molecular formula is C15H21N3OS2. The van der Waals surface area contributed by atoms with Gasteiger partial charge in [0.05, 0.1) is 5.69 Å². The van der Waals surface area contributed by atoms with Gasteiger partial charge in [0.2, 0.25) is 5.91 Å². The zero-order valence-electron chi connectivity index (χ0n) is 12.7. The summed E-state index contributed by atoms with van der Waals surface area (Å²) in [5.74, 6) is 0.0389. The second-order valence-electron chi connectivity index (χ2n) is 4.71. The molecule has 1 N–H and O–H groups in total. The smallest absolute Gasteiger partial charge is 0.225 e. The van der Waals surface area contributed by atoms with Crippen molar-refractivity contribution >= 4 is 33.7 Å². The maximum atomic E-state index is 11.5. The van der Waals surface area contributed by atoms with E-state index in [-0.39, 0.29) is 5.91 Å². The summed E-state index contributed by atoms with van der Waals surface area (Å²) in [5.41, 5.74) is 0.988. The van der Waals surface area contributed by atoms with Gasteiger partial charge in [-0.2, -0.15) is 0 Å². The Balaban J connectivity index is 1.86. The molecule has 1 amide bonds. The van der Waals surface area contributed by atoms with Crippen LogP contribution in [-0.4, -0.2) is 17.4 Å². The Labute approximate surface area is 133 Å². The molecule has 0 aromatic carbocycles. The van der Waals surface area contributed by atoms with Crippen molar-refractivity contribution in [1.82, 2.24) is 10.3 Å². The molecule has 0 aliphatic rings. The van der Waals surface area contributed by atoms with E-state index in [0.717, 1.165) is 30.3 Å². The van der Waals surface area contributed by atoms with Crippen LogP contribution in [0, 0.1) is 0 Å². The van der Waals surface area contributed by atoms with E-state index in [1.807, 2.05) is 23.6 Å². The molecule has 2 aromatic rings. The van der Waals surface area contributed by atoms with E-state index < -0.39 is 0 Å². The number of hydrogen-bond acceptors (Lipinski definition) is 5. The van der Waals surface area contributed by atoms with E-state index in [1.165, 1.54) is 21.1 Å². The minimum atomic E-state index is 0.0389. The summed E-state index contributed by atoms with van der Waals surface area (Å²) in [7, 11) is 0. The van der Waals surface area contributed by atoms with Gasteiger partial charge in [0.15, 0.2) is 5.13 Å². The van der Waals surface area contributed by atoms with Crippen molar-refractivity contribution < 1.29 is 4.79 Å². The molecule has 0 bridgehead atoms. The summed E-state index contributed by atoms with van der Waals surface area (Å²) in [5, 5.41) is 6.20. The lowest BCUT2D eigenvalue weighted by atomic mass is 10.3. The SMILES string of the molecule is CCc1ccc(CNCc2csc(N(CC)C(C)=O)n2)s1. The third kappa shape index (κ3) is 4.36. The van der Waals surface area contributed by atoms with E-state index in [1.54, 1.807) is 11.8 Å². The maximum Gasteiger partial charge on any atom is 0.225 e. The van der Waals surface area contributed by atoms with Crippen molar-refractivity contribution in [3.63, 3.8) is 0 Å². The Bertz CT molecular complexity index is 591. The molecule has 0 fully saturated rings. The van der Waals surface area contributed by atoms with Crippen LogP contribution in [0.1, 0.15) is 36.2 Å². The van der Waals surface area contributed by atoms with Crippen molar-refractivity contribution in [2.75, 3.05) is 11.4 Å². The highest BCUT2D eigenvalue weighted by atomic mass is 32.1. The lowest BCUT2D eigenvalue weighted by molar-refractivity contribution is -0.116. The first-order valence-electron chi connectivity index (χ1n) is 7.14. The first-order valence-corrected chi connectivity index (χ1v) is 8.84. The monoisotopic (exact) mass is 323 g/mol. The van der Waals surface area contributed by atoms with Gasteiger partial charge >= 0.3 is 0 Å². The van der Waals surface area contributed by atoms with Gasteiger partial charge < -0.3 is 5.32 Å². The Morgan fingerprint density at radius 3 is 2.67 bits per heavy atom. The summed E-state index contributed by atoms with van der Waals surface area (Å²) < 4.78 is 0. The van der Waals surface area contributed by atoms with E-state index in [9.17, 15) is 4.79 Å². The average molecular weight is 323 g/mol. The molecule has 0 radical (unpaired) electrons. The van der Waals surface area contributed by atoms with Crippen molar-refractivity contribution in [2.24, 2.45) is 0 Å². The third-order valence-electron chi connectivity index (χ3n) is 3.14. The number of hydrogen-bond donors (Lipinski definition) is 1. The molecule has 114 valence electrons. The lowest BCUT2D eigenvalue weighted by Gasteiger charge is -2.14. The number of amides is 1. The molecule has 4 nitrogen and oxygen atoms in total. The van der Waals surface area contributed by atoms with E-state index in [2.05, 4.69) is 29.4 Å². The predicted molar refractivity (Wildman–Crippen MR) is 90.1 cm³/mol. The van der Waals surface area contributed by atoms with Crippen LogP contribution < -0.4 is 10.2 Å². The highest BCUT2D eigenvalue weighted by Gasteiger charge is 2.13. The van der Waals surface area contributed by atoms with Gasteiger partial charge in [-0.25, -0.2) is 4.98 Å². The van der Waals surface area contributed by atoms with Gasteiger partial charge in [0.1, 0.15) is 0 Å². The van der Waals surface area contributed by atoms with Crippen LogP contribution in [-0.2, 0) is 24.3 Å². The standard InChI is InChI=1S/C15H21N3OS2/c1-4-13-6-7-14(21-13)9-16-8-12-10-20-15(17-12)18(5-2)11(3)19/h6-7,10,16H,4-5,8-9H2,1-3H3. The zero-order chi connectivity index (χ0) is 15.2. The molecule has 6 heteroatoms. The van der Waals surface area contributed by atoms with Gasteiger partial charge in [-0.15, -0.1) is 22.7 Å². The summed E-state index contributed by atoms with van der Waals surface area (Å²) in [6.45, 7) is 7.96. The molecular weight excluding hydrogens is 302 g/mol. The highest BCUT2D eigenvalue weighted by Crippen LogP contribution is 2.21. The summed E-state index contributed by atoms with van der Waals surface area (Å²) in [6.07, 6.45) is 1.10. The largest absolute Gasteiger partial charge is 0.306 e. The van der Waals surface area contributed by atoms with Crippen LogP contribution in [0.2, 0.25) is 0 Å². The predicted octanol–water partition coefficient (Wildman–Crippen LogP) is 3.43. The van der Waals surface area contributed by atoms with Crippen LogP contribution in [0.25, 0.3) is 0 Å². The number of anilines is 1.